The van der Waals surface area contributed by atoms with Crippen LogP contribution >= 0.6 is 11.6 Å². The summed E-state index contributed by atoms with van der Waals surface area (Å²) in [6.45, 7) is 3.70. The molecule has 0 spiro atoms. The van der Waals surface area contributed by atoms with Crippen molar-refractivity contribution in [3.05, 3.63) is 29.3 Å². The van der Waals surface area contributed by atoms with Gasteiger partial charge < -0.3 is 10.6 Å². The molecule has 9 heteroatoms. The SMILES string of the molecule is CCNC(=O)C(C)NC(=O)CCNS(=O)(=O)c1ccccc1Cl. The minimum Gasteiger partial charge on any atom is -0.355 e. The number of benzene rings is 1. The fraction of sp³-hybridized carbons (Fsp3) is 0.429. The van der Waals surface area contributed by atoms with E-state index in [1.165, 1.54) is 12.1 Å². The van der Waals surface area contributed by atoms with E-state index in [0.29, 0.717) is 6.54 Å². The zero-order valence-corrected chi connectivity index (χ0v) is 14.5. The van der Waals surface area contributed by atoms with Gasteiger partial charge >= 0.3 is 0 Å². The number of likely N-dealkylation sites (N-methyl/N-ethyl adjacent to an activating group) is 1. The number of nitrogens with one attached hydrogen (secondary N) is 3. The number of halogens is 1. The molecule has 1 rings (SSSR count). The number of amides is 2. The van der Waals surface area contributed by atoms with Crippen LogP contribution in [0.15, 0.2) is 29.2 Å². The van der Waals surface area contributed by atoms with Gasteiger partial charge in [0.25, 0.3) is 0 Å². The Kier molecular flexibility index (Phi) is 7.47. The van der Waals surface area contributed by atoms with Crippen molar-refractivity contribution in [3.63, 3.8) is 0 Å². The highest BCUT2D eigenvalue weighted by Crippen LogP contribution is 2.19. The number of carbonyl (C=O) groups excluding carboxylic acids is 2. The van der Waals surface area contributed by atoms with Crippen LogP contribution in [0.1, 0.15) is 20.3 Å². The Morgan fingerprint density at radius 3 is 2.52 bits per heavy atom. The maximum atomic E-state index is 12.1. The summed E-state index contributed by atoms with van der Waals surface area (Å²) in [6, 6.07) is 5.35. The first-order valence-corrected chi connectivity index (χ1v) is 8.95. The van der Waals surface area contributed by atoms with Crippen molar-refractivity contribution < 1.29 is 18.0 Å². The normalized spacial score (nSPS) is 12.5. The van der Waals surface area contributed by atoms with Gasteiger partial charge in [0.1, 0.15) is 10.9 Å². The Hall–Kier alpha value is -1.64. The van der Waals surface area contributed by atoms with E-state index in [9.17, 15) is 18.0 Å². The number of rotatable bonds is 8. The van der Waals surface area contributed by atoms with E-state index in [-0.39, 0.29) is 28.8 Å². The van der Waals surface area contributed by atoms with Gasteiger partial charge in [0.2, 0.25) is 21.8 Å². The molecular formula is C14H20ClN3O4S. The van der Waals surface area contributed by atoms with Gasteiger partial charge in [0.05, 0.1) is 5.02 Å². The van der Waals surface area contributed by atoms with Crippen LogP contribution in [0.4, 0.5) is 0 Å². The molecule has 0 aliphatic heterocycles. The molecule has 1 aromatic carbocycles. The second-order valence-electron chi connectivity index (χ2n) is 4.76. The quantitative estimate of drug-likeness (QED) is 0.632. The third-order valence-corrected chi connectivity index (χ3v) is 4.85. The van der Waals surface area contributed by atoms with Gasteiger partial charge in [-0.3, -0.25) is 9.59 Å². The van der Waals surface area contributed by atoms with Gasteiger partial charge in [0, 0.05) is 19.5 Å². The zero-order chi connectivity index (χ0) is 17.5. The largest absolute Gasteiger partial charge is 0.355 e. The molecule has 0 bridgehead atoms. The molecule has 2 amide bonds. The van der Waals surface area contributed by atoms with Crippen molar-refractivity contribution in [1.82, 2.24) is 15.4 Å². The minimum atomic E-state index is -3.78. The molecule has 0 saturated heterocycles. The van der Waals surface area contributed by atoms with Crippen molar-refractivity contribution in [3.8, 4) is 0 Å². The summed E-state index contributed by atoms with van der Waals surface area (Å²) in [5.41, 5.74) is 0. The predicted molar refractivity (Wildman–Crippen MR) is 87.5 cm³/mol. The van der Waals surface area contributed by atoms with E-state index in [0.717, 1.165) is 0 Å². The monoisotopic (exact) mass is 361 g/mol. The average molecular weight is 362 g/mol. The molecule has 128 valence electrons. The highest BCUT2D eigenvalue weighted by molar-refractivity contribution is 7.89. The highest BCUT2D eigenvalue weighted by Gasteiger charge is 2.18. The van der Waals surface area contributed by atoms with Crippen LogP contribution in [0.3, 0.4) is 0 Å². The molecule has 23 heavy (non-hydrogen) atoms. The van der Waals surface area contributed by atoms with Crippen LogP contribution < -0.4 is 15.4 Å². The van der Waals surface area contributed by atoms with E-state index < -0.39 is 22.0 Å². The summed E-state index contributed by atoms with van der Waals surface area (Å²) >= 11 is 5.84. The van der Waals surface area contributed by atoms with Crippen molar-refractivity contribution in [2.45, 2.75) is 31.2 Å². The van der Waals surface area contributed by atoms with Crippen LogP contribution in [-0.4, -0.2) is 39.4 Å². The average Bonchev–Trinajstić information content (AvgIpc) is 2.47. The molecule has 0 radical (unpaired) electrons. The maximum Gasteiger partial charge on any atom is 0.242 e. The fourth-order valence-corrected chi connectivity index (χ4v) is 3.30. The van der Waals surface area contributed by atoms with E-state index in [2.05, 4.69) is 15.4 Å². The fourth-order valence-electron chi connectivity index (χ4n) is 1.75. The molecule has 0 heterocycles. The molecule has 3 N–H and O–H groups in total. The van der Waals surface area contributed by atoms with Crippen LogP contribution in [0.25, 0.3) is 0 Å². The third-order valence-electron chi connectivity index (χ3n) is 2.89. The first-order valence-electron chi connectivity index (χ1n) is 7.09. The predicted octanol–water partition coefficient (Wildman–Crippen LogP) is 0.649. The molecule has 1 unspecified atom stereocenters. The smallest absolute Gasteiger partial charge is 0.242 e. The van der Waals surface area contributed by atoms with Gasteiger partial charge in [-0.15, -0.1) is 0 Å². The Morgan fingerprint density at radius 2 is 1.91 bits per heavy atom. The summed E-state index contributed by atoms with van der Waals surface area (Å²) < 4.78 is 26.4. The lowest BCUT2D eigenvalue weighted by Gasteiger charge is -2.13. The highest BCUT2D eigenvalue weighted by atomic mass is 35.5. The Bertz CT molecular complexity index is 664. The van der Waals surface area contributed by atoms with Crippen molar-refractivity contribution in [2.24, 2.45) is 0 Å². The number of sulfonamides is 1. The number of hydrogen-bond donors (Lipinski definition) is 3. The Morgan fingerprint density at radius 1 is 1.26 bits per heavy atom. The lowest BCUT2D eigenvalue weighted by atomic mass is 10.3. The van der Waals surface area contributed by atoms with Crippen LogP contribution in [-0.2, 0) is 19.6 Å². The molecule has 7 nitrogen and oxygen atoms in total. The number of hydrogen-bond acceptors (Lipinski definition) is 4. The van der Waals surface area contributed by atoms with Gasteiger partial charge in [-0.2, -0.15) is 0 Å². The molecule has 0 aliphatic rings. The van der Waals surface area contributed by atoms with Crippen LogP contribution in [0.5, 0.6) is 0 Å². The standard InChI is InChI=1S/C14H20ClN3O4S/c1-3-16-14(20)10(2)18-13(19)8-9-17-23(21,22)12-7-5-4-6-11(12)15/h4-7,10,17H,3,8-9H2,1-2H3,(H,16,20)(H,18,19). The van der Waals surface area contributed by atoms with Crippen LogP contribution in [0, 0.1) is 0 Å². The summed E-state index contributed by atoms with van der Waals surface area (Å²) in [6.07, 6.45) is -0.0899. The summed E-state index contributed by atoms with van der Waals surface area (Å²) in [5.74, 6) is -0.719. The Labute approximate surface area is 140 Å². The summed E-state index contributed by atoms with van der Waals surface area (Å²) in [5, 5.41) is 5.17. The maximum absolute atomic E-state index is 12.1. The van der Waals surface area contributed by atoms with E-state index >= 15 is 0 Å². The topological polar surface area (TPSA) is 104 Å². The lowest BCUT2D eigenvalue weighted by Crippen LogP contribution is -2.45. The van der Waals surface area contributed by atoms with Crippen molar-refractivity contribution in [2.75, 3.05) is 13.1 Å². The van der Waals surface area contributed by atoms with Gasteiger partial charge in [-0.05, 0) is 26.0 Å². The van der Waals surface area contributed by atoms with Crippen molar-refractivity contribution >= 4 is 33.4 Å². The molecule has 1 aromatic rings. The summed E-state index contributed by atoms with van der Waals surface area (Å²) in [7, 11) is -3.78. The molecular weight excluding hydrogens is 342 g/mol. The third kappa shape index (κ3) is 6.17. The minimum absolute atomic E-state index is 0.0437. The Balaban J connectivity index is 2.49. The second kappa shape index (κ2) is 8.85. The first kappa shape index (κ1) is 19.4. The lowest BCUT2D eigenvalue weighted by molar-refractivity contribution is -0.128. The van der Waals surface area contributed by atoms with Crippen molar-refractivity contribution in [1.29, 1.82) is 0 Å². The van der Waals surface area contributed by atoms with E-state index in [1.54, 1.807) is 26.0 Å². The van der Waals surface area contributed by atoms with Gasteiger partial charge in [-0.25, -0.2) is 13.1 Å². The van der Waals surface area contributed by atoms with E-state index in [4.69, 9.17) is 11.6 Å². The molecule has 0 fully saturated rings. The van der Waals surface area contributed by atoms with Crippen LogP contribution in [0.2, 0.25) is 5.02 Å². The molecule has 0 aliphatic carbocycles. The second-order valence-corrected chi connectivity index (χ2v) is 6.90. The zero-order valence-electron chi connectivity index (χ0n) is 12.9. The first-order chi connectivity index (χ1) is 10.8. The van der Waals surface area contributed by atoms with Gasteiger partial charge in [0.15, 0.2) is 0 Å². The molecule has 0 saturated carbocycles. The number of carbonyl (C=O) groups is 2. The molecule has 1 atom stereocenters. The summed E-state index contributed by atoms with van der Waals surface area (Å²) in [4.78, 5) is 23.1. The van der Waals surface area contributed by atoms with E-state index in [1.807, 2.05) is 0 Å². The molecule has 0 aromatic heterocycles. The van der Waals surface area contributed by atoms with Gasteiger partial charge in [-0.1, -0.05) is 23.7 Å².